The highest BCUT2D eigenvalue weighted by Crippen LogP contribution is 2.38. The third kappa shape index (κ3) is 4.50. The molecule has 0 spiro atoms. The SMILES string of the molecule is CN(c1nc2sc(-c3ncc(-c4cn[nH]c4)cn3)nc2s1)C1CC(C)(C)NC(C)(C)C1.Cl. The van der Waals surface area contributed by atoms with Crippen LogP contribution >= 0.6 is 35.1 Å². The van der Waals surface area contributed by atoms with E-state index in [-0.39, 0.29) is 23.5 Å². The van der Waals surface area contributed by atoms with Crippen molar-refractivity contribution < 1.29 is 0 Å². The number of piperidine rings is 1. The Labute approximate surface area is 201 Å². The number of hydrogen-bond acceptors (Lipinski definition) is 9. The van der Waals surface area contributed by atoms with Gasteiger partial charge in [-0.25, -0.2) is 19.9 Å². The quantitative estimate of drug-likeness (QED) is 0.425. The molecule has 4 aromatic heterocycles. The van der Waals surface area contributed by atoms with Crippen LogP contribution in [0.15, 0.2) is 24.8 Å². The maximum absolute atomic E-state index is 4.90. The van der Waals surface area contributed by atoms with Crippen LogP contribution in [-0.2, 0) is 0 Å². The van der Waals surface area contributed by atoms with Crippen molar-refractivity contribution in [2.24, 2.45) is 0 Å². The molecule has 8 nitrogen and oxygen atoms in total. The molecule has 1 fully saturated rings. The Hall–Kier alpha value is -2.14. The van der Waals surface area contributed by atoms with Crippen LogP contribution in [0, 0.1) is 0 Å². The van der Waals surface area contributed by atoms with Gasteiger partial charge in [0.1, 0.15) is 0 Å². The van der Waals surface area contributed by atoms with Gasteiger partial charge in [0.15, 0.2) is 25.6 Å². The lowest BCUT2D eigenvalue weighted by atomic mass is 9.79. The highest BCUT2D eigenvalue weighted by atomic mass is 35.5. The molecule has 1 saturated heterocycles. The van der Waals surface area contributed by atoms with Gasteiger partial charge >= 0.3 is 0 Å². The van der Waals surface area contributed by atoms with Gasteiger partial charge in [0.25, 0.3) is 0 Å². The van der Waals surface area contributed by atoms with Gasteiger partial charge in [-0.15, -0.1) is 12.4 Å². The third-order valence-electron chi connectivity index (χ3n) is 5.66. The van der Waals surface area contributed by atoms with E-state index in [1.807, 2.05) is 6.20 Å². The fraction of sp³-hybridized carbons (Fsp3) is 0.476. The molecule has 0 bridgehead atoms. The first-order chi connectivity index (χ1) is 14.7. The highest BCUT2D eigenvalue weighted by Gasteiger charge is 2.39. The Morgan fingerprint density at radius 3 is 2.19 bits per heavy atom. The number of rotatable bonds is 4. The summed E-state index contributed by atoms with van der Waals surface area (Å²) in [6, 6.07) is 0.435. The van der Waals surface area contributed by atoms with Crippen molar-refractivity contribution in [1.82, 2.24) is 35.5 Å². The molecular formula is C21H27ClN8S2. The van der Waals surface area contributed by atoms with E-state index in [1.165, 1.54) is 0 Å². The van der Waals surface area contributed by atoms with Crippen molar-refractivity contribution in [1.29, 1.82) is 0 Å². The van der Waals surface area contributed by atoms with E-state index in [2.05, 4.69) is 65.1 Å². The minimum atomic E-state index is 0. The fourth-order valence-electron chi connectivity index (χ4n) is 4.57. The molecule has 2 N–H and O–H groups in total. The Kier molecular flexibility index (Phi) is 6.00. The molecule has 0 aliphatic carbocycles. The molecule has 32 heavy (non-hydrogen) atoms. The summed E-state index contributed by atoms with van der Waals surface area (Å²) in [5.74, 6) is 0.624. The van der Waals surface area contributed by atoms with Crippen LogP contribution in [0.2, 0.25) is 0 Å². The lowest BCUT2D eigenvalue weighted by molar-refractivity contribution is 0.161. The molecule has 0 radical (unpaired) electrons. The number of nitrogens with one attached hydrogen (secondary N) is 2. The van der Waals surface area contributed by atoms with Crippen LogP contribution in [0.3, 0.4) is 0 Å². The van der Waals surface area contributed by atoms with Gasteiger partial charge in [-0.05, 0) is 40.5 Å². The molecule has 11 heteroatoms. The highest BCUT2D eigenvalue weighted by molar-refractivity contribution is 7.29. The van der Waals surface area contributed by atoms with Gasteiger partial charge in [0, 0.05) is 53.9 Å². The van der Waals surface area contributed by atoms with Crippen LogP contribution in [0.5, 0.6) is 0 Å². The second kappa shape index (κ2) is 8.33. The van der Waals surface area contributed by atoms with Gasteiger partial charge in [-0.2, -0.15) is 5.10 Å². The van der Waals surface area contributed by atoms with Gasteiger partial charge in [-0.1, -0.05) is 22.7 Å². The number of anilines is 1. The molecule has 0 amide bonds. The number of nitrogens with zero attached hydrogens (tertiary/aromatic N) is 6. The summed E-state index contributed by atoms with van der Waals surface area (Å²) in [6.07, 6.45) is 9.34. The normalized spacial score (nSPS) is 17.9. The van der Waals surface area contributed by atoms with Gasteiger partial charge in [0.05, 0.1) is 6.20 Å². The summed E-state index contributed by atoms with van der Waals surface area (Å²) < 4.78 is 0. The zero-order valence-corrected chi connectivity index (χ0v) is 21.2. The van der Waals surface area contributed by atoms with Crippen LogP contribution < -0.4 is 10.2 Å². The Morgan fingerprint density at radius 1 is 0.938 bits per heavy atom. The molecular weight excluding hydrogens is 464 g/mol. The maximum atomic E-state index is 4.90. The predicted molar refractivity (Wildman–Crippen MR) is 134 cm³/mol. The van der Waals surface area contributed by atoms with Crippen LogP contribution in [0.25, 0.3) is 31.6 Å². The van der Waals surface area contributed by atoms with E-state index < -0.39 is 0 Å². The van der Waals surface area contributed by atoms with Crippen molar-refractivity contribution in [3.63, 3.8) is 0 Å². The molecule has 5 rings (SSSR count). The lowest BCUT2D eigenvalue weighted by Crippen LogP contribution is -2.61. The van der Waals surface area contributed by atoms with E-state index in [9.17, 15) is 0 Å². The van der Waals surface area contributed by atoms with E-state index in [1.54, 1.807) is 41.3 Å². The average Bonchev–Trinajstić information content (AvgIpc) is 3.41. The number of halogens is 1. The summed E-state index contributed by atoms with van der Waals surface area (Å²) in [6.45, 7) is 9.11. The molecule has 0 atom stereocenters. The topological polar surface area (TPSA) is 95.5 Å². The smallest absolute Gasteiger partial charge is 0.188 e. The second-order valence-corrected chi connectivity index (χ2v) is 11.4. The number of fused-ring (bicyclic) bond motifs is 1. The number of H-pyrrole nitrogens is 1. The number of hydrogen-bond donors (Lipinski definition) is 2. The molecule has 0 aromatic carbocycles. The standard InChI is InChI=1S/C21H26N8S2.ClH/c1-20(2)6-14(7-21(3,4)28-20)29(5)19-27-18-17(31-19)26-16(30-18)15-22-8-12(9-23-15)13-10-24-25-11-13;/h8-11,14,28H,6-7H2,1-5H3,(H,24,25);1H. The molecule has 1 aliphatic rings. The average molecular weight is 491 g/mol. The maximum Gasteiger partial charge on any atom is 0.188 e. The zero-order chi connectivity index (χ0) is 21.8. The van der Waals surface area contributed by atoms with E-state index in [4.69, 9.17) is 9.97 Å². The van der Waals surface area contributed by atoms with E-state index in [0.29, 0.717) is 11.9 Å². The summed E-state index contributed by atoms with van der Waals surface area (Å²) in [5, 5.41) is 12.3. The molecule has 1 aliphatic heterocycles. The predicted octanol–water partition coefficient (Wildman–Crippen LogP) is 4.77. The molecule has 0 saturated carbocycles. The van der Waals surface area contributed by atoms with Crippen LogP contribution in [-0.4, -0.2) is 54.3 Å². The van der Waals surface area contributed by atoms with Gasteiger partial charge in [0.2, 0.25) is 0 Å². The number of aromatic amines is 1. The Morgan fingerprint density at radius 2 is 1.59 bits per heavy atom. The first-order valence-corrected chi connectivity index (χ1v) is 11.9. The van der Waals surface area contributed by atoms with Crippen molar-refractivity contribution in [2.45, 2.75) is 57.7 Å². The summed E-state index contributed by atoms with van der Waals surface area (Å²) in [5.41, 5.74) is 2.08. The van der Waals surface area contributed by atoms with Crippen LogP contribution in [0.4, 0.5) is 5.13 Å². The molecule has 0 unspecified atom stereocenters. The second-order valence-electron chi connectivity index (χ2n) is 9.47. The van der Waals surface area contributed by atoms with Gasteiger partial charge in [-0.3, -0.25) is 5.10 Å². The third-order valence-corrected chi connectivity index (χ3v) is 7.77. The minimum Gasteiger partial charge on any atom is -0.348 e. The first-order valence-electron chi connectivity index (χ1n) is 10.3. The van der Waals surface area contributed by atoms with Crippen molar-refractivity contribution in [3.05, 3.63) is 24.8 Å². The van der Waals surface area contributed by atoms with Crippen molar-refractivity contribution >= 4 is 49.9 Å². The summed E-state index contributed by atoms with van der Waals surface area (Å²) in [4.78, 5) is 22.9. The van der Waals surface area contributed by atoms with Crippen molar-refractivity contribution in [2.75, 3.05) is 11.9 Å². The van der Waals surface area contributed by atoms with Gasteiger partial charge < -0.3 is 10.2 Å². The van der Waals surface area contributed by atoms with Crippen LogP contribution in [0.1, 0.15) is 40.5 Å². The Bertz CT molecular complexity index is 1150. The lowest BCUT2D eigenvalue weighted by Gasteiger charge is -2.48. The van der Waals surface area contributed by atoms with E-state index in [0.717, 1.165) is 43.8 Å². The molecule has 170 valence electrons. The molecule has 4 aromatic rings. The summed E-state index contributed by atoms with van der Waals surface area (Å²) in [7, 11) is 2.16. The molecule has 5 heterocycles. The number of aromatic nitrogens is 6. The minimum absolute atomic E-state index is 0. The van der Waals surface area contributed by atoms with E-state index >= 15 is 0 Å². The Balaban J connectivity index is 0.00000245. The van der Waals surface area contributed by atoms with Crippen molar-refractivity contribution in [3.8, 4) is 22.0 Å². The monoisotopic (exact) mass is 490 g/mol. The number of thiazole rings is 2. The fourth-order valence-corrected chi connectivity index (χ4v) is 6.59. The first kappa shape index (κ1) is 23.0. The zero-order valence-electron chi connectivity index (χ0n) is 18.7. The summed E-state index contributed by atoms with van der Waals surface area (Å²) >= 11 is 3.19. The largest absolute Gasteiger partial charge is 0.348 e.